The normalized spacial score (nSPS) is 13.0. The molecule has 0 heterocycles. The van der Waals surface area contributed by atoms with Crippen LogP contribution in [-0.2, 0) is 11.2 Å². The molecule has 1 aromatic carbocycles. The smallest absolute Gasteiger partial charge is 0.0855 e. The number of benzene rings is 1. The van der Waals surface area contributed by atoms with Crippen LogP contribution in [0.5, 0.6) is 0 Å². The first-order valence-corrected chi connectivity index (χ1v) is 5.67. The molecule has 15 heavy (non-hydrogen) atoms. The van der Waals surface area contributed by atoms with Crippen molar-refractivity contribution >= 4 is 15.9 Å². The first-order chi connectivity index (χ1) is 6.64. The number of hydrogen-bond donors (Lipinski definition) is 2. The zero-order chi connectivity index (χ0) is 11.9. The van der Waals surface area contributed by atoms with Gasteiger partial charge in [-0.15, -0.1) is 0 Å². The molecule has 0 amide bonds. The summed E-state index contributed by atoms with van der Waals surface area (Å²) < 4.78 is 0.814. The van der Waals surface area contributed by atoms with Crippen LogP contribution >= 0.6 is 15.9 Å². The van der Waals surface area contributed by atoms with Gasteiger partial charge >= 0.3 is 0 Å². The van der Waals surface area contributed by atoms with Crippen LogP contribution in [0.25, 0.3) is 0 Å². The number of halogens is 1. The van der Waals surface area contributed by atoms with E-state index in [0.29, 0.717) is 0 Å². The molecule has 0 atom stereocenters. The molecule has 0 aliphatic rings. The van der Waals surface area contributed by atoms with Gasteiger partial charge in [-0.05, 0) is 39.3 Å². The lowest BCUT2D eigenvalue weighted by molar-refractivity contribution is 0.0518. The molecular weight excluding hydrogens is 256 g/mol. The molecule has 0 fully saturated rings. The second kappa shape index (κ2) is 3.89. The highest BCUT2D eigenvalue weighted by atomic mass is 79.9. The quantitative estimate of drug-likeness (QED) is 0.869. The monoisotopic (exact) mass is 272 g/mol. The summed E-state index contributed by atoms with van der Waals surface area (Å²) in [6, 6.07) is 5.55. The summed E-state index contributed by atoms with van der Waals surface area (Å²) in [6.07, 6.45) is 0. The lowest BCUT2D eigenvalue weighted by Crippen LogP contribution is -2.26. The van der Waals surface area contributed by atoms with Crippen molar-refractivity contribution in [2.45, 2.75) is 38.9 Å². The number of hydrogen-bond acceptors (Lipinski definition) is 2. The van der Waals surface area contributed by atoms with E-state index in [1.54, 1.807) is 27.7 Å². The van der Waals surface area contributed by atoms with Gasteiger partial charge in [-0.2, -0.15) is 0 Å². The zero-order valence-corrected chi connectivity index (χ0v) is 11.1. The van der Waals surface area contributed by atoms with Crippen molar-refractivity contribution in [2.75, 3.05) is 0 Å². The van der Waals surface area contributed by atoms with Crippen LogP contribution < -0.4 is 0 Å². The van der Waals surface area contributed by atoms with E-state index in [-0.39, 0.29) is 0 Å². The lowest BCUT2D eigenvalue weighted by Gasteiger charge is -2.29. The maximum Gasteiger partial charge on any atom is 0.0855 e. The fraction of sp³-hybridized carbons (Fsp3) is 0.500. The second-order valence-electron chi connectivity index (χ2n) is 4.78. The molecule has 0 radical (unpaired) electrons. The maximum absolute atomic E-state index is 10.1. The van der Waals surface area contributed by atoms with Crippen LogP contribution in [0.2, 0.25) is 0 Å². The standard InChI is InChI=1S/C12H17BrO2/c1-11(2,14)8-6-5-7-9(13)10(8)12(3,4)15/h5-7,14-15H,1-4H3. The van der Waals surface area contributed by atoms with Crippen molar-refractivity contribution < 1.29 is 10.2 Å². The first-order valence-electron chi connectivity index (χ1n) is 4.88. The fourth-order valence-corrected chi connectivity index (χ4v) is 2.51. The number of aliphatic hydroxyl groups is 2. The van der Waals surface area contributed by atoms with E-state index in [1.807, 2.05) is 18.2 Å². The molecule has 1 aromatic rings. The molecule has 0 saturated heterocycles. The van der Waals surface area contributed by atoms with E-state index in [0.717, 1.165) is 15.6 Å². The van der Waals surface area contributed by atoms with Gasteiger partial charge in [0.25, 0.3) is 0 Å². The van der Waals surface area contributed by atoms with Gasteiger partial charge in [0.15, 0.2) is 0 Å². The molecule has 0 unspecified atom stereocenters. The van der Waals surface area contributed by atoms with Crippen LogP contribution in [0.15, 0.2) is 22.7 Å². The summed E-state index contributed by atoms with van der Waals surface area (Å²) in [4.78, 5) is 0. The van der Waals surface area contributed by atoms with Gasteiger partial charge in [-0.25, -0.2) is 0 Å². The minimum absolute atomic E-state index is 0.734. The van der Waals surface area contributed by atoms with Gasteiger partial charge < -0.3 is 10.2 Å². The molecule has 2 nitrogen and oxygen atoms in total. The topological polar surface area (TPSA) is 40.5 Å². The zero-order valence-electron chi connectivity index (χ0n) is 9.50. The lowest BCUT2D eigenvalue weighted by atomic mass is 9.86. The van der Waals surface area contributed by atoms with Crippen LogP contribution in [0, 0.1) is 0 Å². The summed E-state index contributed by atoms with van der Waals surface area (Å²) in [7, 11) is 0. The predicted molar refractivity (Wildman–Crippen MR) is 64.6 cm³/mol. The third kappa shape index (κ3) is 2.80. The first kappa shape index (κ1) is 12.7. The van der Waals surface area contributed by atoms with Gasteiger partial charge in [0, 0.05) is 10.0 Å². The molecular formula is C12H17BrO2. The summed E-state index contributed by atoms with van der Waals surface area (Å²) in [5, 5.41) is 20.1. The van der Waals surface area contributed by atoms with Crippen molar-refractivity contribution in [1.82, 2.24) is 0 Å². The molecule has 3 heteroatoms. The minimum atomic E-state index is -0.977. The highest BCUT2D eigenvalue weighted by Crippen LogP contribution is 2.36. The van der Waals surface area contributed by atoms with Gasteiger partial charge in [0.2, 0.25) is 0 Å². The van der Waals surface area contributed by atoms with E-state index in [4.69, 9.17) is 0 Å². The Morgan fingerprint density at radius 1 is 1.00 bits per heavy atom. The Bertz CT molecular complexity index is 359. The average molecular weight is 273 g/mol. The minimum Gasteiger partial charge on any atom is -0.386 e. The summed E-state index contributed by atoms with van der Waals surface area (Å²) in [5.74, 6) is 0. The Hall–Kier alpha value is -0.380. The largest absolute Gasteiger partial charge is 0.386 e. The Morgan fingerprint density at radius 2 is 1.53 bits per heavy atom. The Morgan fingerprint density at radius 3 is 1.87 bits per heavy atom. The highest BCUT2D eigenvalue weighted by molar-refractivity contribution is 9.10. The van der Waals surface area contributed by atoms with Gasteiger partial charge in [-0.3, -0.25) is 0 Å². The molecule has 0 spiro atoms. The molecule has 2 N–H and O–H groups in total. The number of rotatable bonds is 2. The van der Waals surface area contributed by atoms with E-state index in [9.17, 15) is 10.2 Å². The summed E-state index contributed by atoms with van der Waals surface area (Å²) in [6.45, 7) is 6.85. The van der Waals surface area contributed by atoms with Gasteiger partial charge in [-0.1, -0.05) is 28.1 Å². The predicted octanol–water partition coefficient (Wildman–Crippen LogP) is 2.90. The SMILES string of the molecule is CC(C)(O)c1cccc(Br)c1C(C)(C)O. The van der Waals surface area contributed by atoms with Crippen molar-refractivity contribution in [3.63, 3.8) is 0 Å². The van der Waals surface area contributed by atoms with Crippen LogP contribution in [-0.4, -0.2) is 10.2 Å². The highest BCUT2D eigenvalue weighted by Gasteiger charge is 2.29. The molecule has 84 valence electrons. The average Bonchev–Trinajstić information content (AvgIpc) is 1.99. The van der Waals surface area contributed by atoms with Crippen molar-refractivity contribution in [2.24, 2.45) is 0 Å². The third-order valence-corrected chi connectivity index (χ3v) is 2.95. The van der Waals surface area contributed by atoms with E-state index >= 15 is 0 Å². The van der Waals surface area contributed by atoms with Gasteiger partial charge in [0.1, 0.15) is 0 Å². The van der Waals surface area contributed by atoms with Crippen LogP contribution in [0.3, 0.4) is 0 Å². The van der Waals surface area contributed by atoms with Crippen molar-refractivity contribution in [3.8, 4) is 0 Å². The Kier molecular flexibility index (Phi) is 3.29. The Balaban J connectivity index is 3.48. The third-order valence-electron chi connectivity index (χ3n) is 2.28. The molecule has 0 aromatic heterocycles. The van der Waals surface area contributed by atoms with Crippen molar-refractivity contribution in [3.05, 3.63) is 33.8 Å². The second-order valence-corrected chi connectivity index (χ2v) is 5.63. The molecule has 0 bridgehead atoms. The molecule has 0 aliphatic carbocycles. The van der Waals surface area contributed by atoms with Crippen LogP contribution in [0.1, 0.15) is 38.8 Å². The molecule has 1 rings (SSSR count). The van der Waals surface area contributed by atoms with E-state index in [1.165, 1.54) is 0 Å². The van der Waals surface area contributed by atoms with Crippen LogP contribution in [0.4, 0.5) is 0 Å². The Labute approximate surface area is 99.1 Å². The van der Waals surface area contributed by atoms with E-state index in [2.05, 4.69) is 15.9 Å². The molecule has 0 aliphatic heterocycles. The summed E-state index contributed by atoms with van der Waals surface area (Å²) >= 11 is 3.40. The van der Waals surface area contributed by atoms with Gasteiger partial charge in [0.05, 0.1) is 11.2 Å². The molecule has 0 saturated carbocycles. The van der Waals surface area contributed by atoms with Crippen molar-refractivity contribution in [1.29, 1.82) is 0 Å². The maximum atomic E-state index is 10.1. The summed E-state index contributed by atoms with van der Waals surface area (Å²) in [5.41, 5.74) is -0.462. The fourth-order valence-electron chi connectivity index (χ4n) is 1.66. The van der Waals surface area contributed by atoms with E-state index < -0.39 is 11.2 Å².